The number of carboxylic acids is 1. The molecule has 2 aliphatic heterocycles. The number of hydrogen-bond acceptors (Lipinski definition) is 17. The number of aliphatic carboxylic acids is 1. The molecule has 11 N–H and O–H groups in total. The van der Waals surface area contributed by atoms with Gasteiger partial charge in [0.25, 0.3) is 6.17 Å². The molecule has 6 aromatic carbocycles. The number of nitrogens with two attached hydrogens (primary N) is 2. The van der Waals surface area contributed by atoms with Gasteiger partial charge in [0.05, 0.1) is 25.9 Å². The summed E-state index contributed by atoms with van der Waals surface area (Å²) in [7, 11) is 3.48. The third-order valence-electron chi connectivity index (χ3n) is 20.3. The van der Waals surface area contributed by atoms with Crippen molar-refractivity contribution < 1.29 is 95.2 Å². The third-order valence-corrected chi connectivity index (χ3v) is 20.3. The molecule has 3 radical (unpaired) electrons. The van der Waals surface area contributed by atoms with E-state index in [0.29, 0.717) is 53.9 Å². The molecule has 23 heteroatoms. The first-order valence-corrected chi connectivity index (χ1v) is 43.9. The summed E-state index contributed by atoms with van der Waals surface area (Å²) < 4.78 is 20.0. The van der Waals surface area contributed by atoms with Crippen molar-refractivity contribution >= 4 is 63.5 Å². The largest absolute Gasteiger partial charge is 1.00 e. The molecule has 15 rings (SSSR count). The summed E-state index contributed by atoms with van der Waals surface area (Å²) in [5, 5.41) is 46.0. The Hall–Kier alpha value is -4.74. The molecule has 121 heavy (non-hydrogen) atoms. The van der Waals surface area contributed by atoms with E-state index >= 15 is 0 Å². The Morgan fingerprint density at radius 1 is 0.512 bits per heavy atom. The van der Waals surface area contributed by atoms with Gasteiger partial charge in [-0.1, -0.05) is 197 Å². The van der Waals surface area contributed by atoms with Gasteiger partial charge in [0, 0.05) is 122 Å². The number of aldehydes is 1. The van der Waals surface area contributed by atoms with Crippen molar-refractivity contribution in [3.63, 3.8) is 0 Å². The molecule has 7 saturated carbocycles. The second-order valence-electron chi connectivity index (χ2n) is 31.0. The SMILES string of the molecule is C.C.C1CCOC1.C1CCOC1.CCO.COC[C@@H](N)C1CC1.COC[C@@H](N[C@@H](C)c1ccccc1)C1CC1.CSC.C[C@H](N)c1ccccc1.C[C@H](N=CC1CC1)c1ccccc1.C[C@H](N[C@H](C(=O)O)C1CC1)c1ccccc1.C[C@H](N[C@H](CO)C1CC1)c1ccccc1.Cl.Cl.O=CC1CC1.[B].[C-]#N.[C-]#[N+][C@@H](N[C@@H](C)c1ccccc1)C1CC1.[K+]. The molecule has 0 amide bonds. The Labute approximate surface area is 794 Å². The first-order valence-electron chi connectivity index (χ1n) is 42.3. The maximum absolute atomic E-state index is 11.1. The molecular weight excluding hydrogens is 1600 g/mol. The first-order chi connectivity index (χ1) is 55.9. The Morgan fingerprint density at radius 3 is 1.07 bits per heavy atom. The number of ether oxygens (including phenoxy) is 4. The molecule has 0 unspecified atom stereocenters. The molecule has 671 valence electrons. The van der Waals surface area contributed by atoms with Gasteiger partial charge < -0.3 is 73.0 Å². The molecule has 0 spiro atoms. The van der Waals surface area contributed by atoms with Crippen LogP contribution in [0, 0.1) is 59.8 Å². The summed E-state index contributed by atoms with van der Waals surface area (Å²) in [4.78, 5) is 28.8. The van der Waals surface area contributed by atoms with Gasteiger partial charge in [-0.3, -0.25) is 19.9 Å². The predicted octanol–water partition coefficient (Wildman–Crippen LogP) is 17.4. The van der Waals surface area contributed by atoms with E-state index in [0.717, 1.165) is 94.9 Å². The number of methoxy groups -OCH3 is 2. The zero-order chi connectivity index (χ0) is 84.2. The van der Waals surface area contributed by atoms with Crippen molar-refractivity contribution in [1.29, 1.82) is 5.26 Å². The summed E-state index contributed by atoms with van der Waals surface area (Å²) in [5.74, 6) is 3.71. The molecule has 9 aliphatic rings. The van der Waals surface area contributed by atoms with E-state index < -0.39 is 12.0 Å². The van der Waals surface area contributed by atoms with Crippen LogP contribution in [0.4, 0.5) is 0 Å². The Balaban J connectivity index is -0.000000631. The van der Waals surface area contributed by atoms with Crippen LogP contribution in [0.2, 0.25) is 0 Å². The zero-order valence-electron chi connectivity index (χ0n) is 73.8. The van der Waals surface area contributed by atoms with Gasteiger partial charge in [0.1, 0.15) is 12.3 Å². The van der Waals surface area contributed by atoms with Gasteiger partial charge in [-0.2, -0.15) is 11.8 Å². The molecule has 9 fully saturated rings. The third kappa shape index (κ3) is 61.3. The molecule has 7 aliphatic carbocycles. The fourth-order valence-electron chi connectivity index (χ4n) is 12.1. The second-order valence-corrected chi connectivity index (χ2v) is 31.8. The van der Waals surface area contributed by atoms with Crippen LogP contribution in [0.15, 0.2) is 187 Å². The van der Waals surface area contributed by atoms with E-state index in [9.17, 15) is 14.7 Å². The van der Waals surface area contributed by atoms with Crippen LogP contribution in [-0.2, 0) is 28.5 Å². The molecule has 0 bridgehead atoms. The predicted molar refractivity (Wildman–Crippen MR) is 509 cm³/mol. The number of nitrogens with one attached hydrogen (secondary N) is 4. The maximum Gasteiger partial charge on any atom is 1.00 e. The van der Waals surface area contributed by atoms with E-state index in [-0.39, 0.29) is 143 Å². The number of thioether (sulfide) groups is 1. The van der Waals surface area contributed by atoms with Gasteiger partial charge in [0.15, 0.2) is 0 Å². The topological polar surface area (TPSA) is 272 Å². The van der Waals surface area contributed by atoms with Crippen molar-refractivity contribution in [2.45, 2.75) is 245 Å². The van der Waals surface area contributed by atoms with Crippen molar-refractivity contribution in [3.8, 4) is 0 Å². The molecule has 2 saturated heterocycles. The van der Waals surface area contributed by atoms with Crippen molar-refractivity contribution in [2.75, 3.05) is 79.6 Å². The number of benzene rings is 6. The number of nitrogens with zero attached hydrogens (tertiary/aromatic N) is 3. The minimum absolute atomic E-state index is 0. The van der Waals surface area contributed by atoms with E-state index in [1.54, 1.807) is 32.9 Å². The summed E-state index contributed by atoms with van der Waals surface area (Å²) in [6.45, 7) is 32.3. The van der Waals surface area contributed by atoms with E-state index in [2.05, 4.69) is 156 Å². The zero-order valence-corrected chi connectivity index (χ0v) is 79.4. The van der Waals surface area contributed by atoms with Gasteiger partial charge in [-0.15, -0.1) is 24.8 Å². The number of aliphatic imine (C=N–C) groups is 1. The van der Waals surface area contributed by atoms with Crippen LogP contribution in [0.5, 0.6) is 0 Å². The number of aliphatic hydroxyl groups is 2. The normalized spacial score (nSPS) is 17.7. The average molecular weight is 1760 g/mol. The summed E-state index contributed by atoms with van der Waals surface area (Å²) >= 11 is 1.75. The summed E-state index contributed by atoms with van der Waals surface area (Å²) in [5.41, 5.74) is 18.8. The number of halogens is 2. The molecule has 18 nitrogen and oxygen atoms in total. The number of carbonyl (C=O) groups excluding carboxylic acids is 1. The monoisotopic (exact) mass is 1760 g/mol. The fourth-order valence-corrected chi connectivity index (χ4v) is 12.1. The van der Waals surface area contributed by atoms with E-state index in [4.69, 9.17) is 59.0 Å². The van der Waals surface area contributed by atoms with E-state index in [1.165, 1.54) is 118 Å². The quantitative estimate of drug-likeness (QED) is 0.00956. The standard InChI is InChI=1S/C14H21NO.C13H16N2.C13H17NO2.C13H19NO.C12H15N.C8H11N.C6H13NO.C4H6O.2C4H8O.C2H6O.C2H6S.CN.2CH4.B.2ClH.K/c1-11(12-6-4-3-5-7-12)15-14(10-16-2)13-8-9-13;1-10(11-6-4-3-5-7-11)15-13(14-2)12-8-9-12;1-9(10-5-3-2-4-6-10)14-12(13(15)16)11-7-8-11;1-10(11-5-3-2-4-6-11)14-13(9-15)12-7-8-12;1-10(13-9-11-7-8-11)12-5-3-2-4-6-12;1-7(9)8-5-3-2-4-6-8;1-8-4-6(7)5-2-3-5;5-3-4-1-2-4;2*1-2-4-5-3-1;1-2-3;1-3-2;1-2;;;;;;/h3-7,11,13-15H,8-10H2,1-2H3;3-7,10,12-13,15H,8-9H2,1H3;2-6,9,11-12,14H,7-8H2,1H3,(H,15,16);2-6,10,12-15H,7-9H2,1H3;2-6,9-11H,7-8H2,1H3;2-7H,9H2,1H3;5-6H,2-4,7H2,1H3;3-4H,1-2H2;2*1-4H2;3H,2H2,1H3;1-2H3;;2*1H4;;2*1H;/q;;;;;;;;;;;;-1;;;;;;+1/t11-,14+;10-,13-;9-,12-;10-,13+;10-;7-;6-;;;;;;;;;;;;/m0000001............/s1. The van der Waals surface area contributed by atoms with Gasteiger partial charge in [-0.05, 0) is 240 Å². The van der Waals surface area contributed by atoms with Crippen molar-refractivity contribution in [2.24, 2.45) is 57.9 Å². The molecule has 11 atom stereocenters. The average Bonchev–Trinajstić information content (AvgIpc) is 1.77. The second kappa shape index (κ2) is 77.6. The summed E-state index contributed by atoms with van der Waals surface area (Å²) in [6.07, 6.45) is 29.7. The van der Waals surface area contributed by atoms with Crippen LogP contribution < -0.4 is 84.1 Å². The van der Waals surface area contributed by atoms with Gasteiger partial charge in [-0.25, -0.2) is 11.9 Å². The molecule has 6 aromatic rings. The molecular formula is C98H156BCl2KN9O9S. The Kier molecular flexibility index (Phi) is 78.6. The first kappa shape index (κ1) is 123. The fraction of sp³-hybridized carbons (Fsp3) is 0.582. The molecule has 0 aromatic heterocycles. The number of carboxylic acid groups (broad SMARTS) is 1. The summed E-state index contributed by atoms with van der Waals surface area (Å²) in [6, 6.07) is 64.0. The minimum Gasteiger partial charge on any atom is -0.512 e. The Morgan fingerprint density at radius 2 is 0.818 bits per heavy atom. The van der Waals surface area contributed by atoms with Gasteiger partial charge in [0.2, 0.25) is 0 Å². The number of rotatable bonds is 28. The number of aliphatic hydroxyl groups excluding tert-OH is 2. The minimum atomic E-state index is -0.731. The van der Waals surface area contributed by atoms with Crippen LogP contribution >= 0.6 is 36.6 Å². The van der Waals surface area contributed by atoms with Gasteiger partial charge >= 0.3 is 57.4 Å². The van der Waals surface area contributed by atoms with Crippen LogP contribution in [0.25, 0.3) is 4.85 Å². The van der Waals surface area contributed by atoms with Crippen LogP contribution in [0.3, 0.4) is 0 Å². The van der Waals surface area contributed by atoms with Crippen molar-refractivity contribution in [1.82, 2.24) is 21.3 Å². The number of hydrogen-bond donors (Lipinski definition) is 9. The maximum atomic E-state index is 11.1. The van der Waals surface area contributed by atoms with Crippen LogP contribution in [-0.4, -0.2) is 152 Å². The van der Waals surface area contributed by atoms with E-state index in [1.807, 2.05) is 117 Å². The number of carbonyl (C=O) groups is 2. The molecule has 2 heterocycles. The Bertz CT molecular complexity index is 3380. The van der Waals surface area contributed by atoms with Crippen molar-refractivity contribution in [3.05, 3.63) is 233 Å². The smallest absolute Gasteiger partial charge is 0.512 e. The van der Waals surface area contributed by atoms with Crippen LogP contribution in [0.1, 0.15) is 249 Å².